The largest absolute Gasteiger partial charge is 0.395 e. The molecule has 1 fully saturated rings. The first kappa shape index (κ1) is 10.0. The third kappa shape index (κ3) is 2.76. The van der Waals surface area contributed by atoms with E-state index in [0.717, 1.165) is 12.3 Å². The first-order valence-corrected chi connectivity index (χ1v) is 4.90. The van der Waals surface area contributed by atoms with Crippen molar-refractivity contribution < 1.29 is 5.11 Å². The summed E-state index contributed by atoms with van der Waals surface area (Å²) >= 11 is 0. The second-order valence-electron chi connectivity index (χ2n) is 4.95. The zero-order valence-corrected chi connectivity index (χ0v) is 8.21. The molecule has 2 nitrogen and oxygen atoms in total. The number of hydrogen-bond donors (Lipinski definition) is 2. The Morgan fingerprint density at radius 1 is 1.58 bits per heavy atom. The highest BCUT2D eigenvalue weighted by Crippen LogP contribution is 2.42. The van der Waals surface area contributed by atoms with E-state index < -0.39 is 0 Å². The van der Waals surface area contributed by atoms with Crippen LogP contribution in [0.2, 0.25) is 0 Å². The lowest BCUT2D eigenvalue weighted by Gasteiger charge is -2.18. The molecular formula is C10H21NO. The van der Waals surface area contributed by atoms with E-state index >= 15 is 0 Å². The van der Waals surface area contributed by atoms with Crippen molar-refractivity contribution >= 4 is 0 Å². The van der Waals surface area contributed by atoms with E-state index in [4.69, 9.17) is 10.8 Å². The molecule has 0 aromatic rings. The lowest BCUT2D eigenvalue weighted by Crippen LogP contribution is -2.26. The van der Waals surface area contributed by atoms with Gasteiger partial charge in [0.1, 0.15) is 0 Å². The Morgan fingerprint density at radius 2 is 2.25 bits per heavy atom. The zero-order valence-electron chi connectivity index (χ0n) is 8.21. The first-order valence-electron chi connectivity index (χ1n) is 4.90. The molecule has 1 aliphatic rings. The van der Waals surface area contributed by atoms with Gasteiger partial charge in [-0.1, -0.05) is 13.8 Å². The van der Waals surface area contributed by atoms with Gasteiger partial charge in [-0.3, -0.25) is 0 Å². The predicted molar refractivity (Wildman–Crippen MR) is 50.8 cm³/mol. The molecule has 0 aromatic heterocycles. The van der Waals surface area contributed by atoms with Crippen LogP contribution in [0.1, 0.15) is 39.5 Å². The smallest absolute Gasteiger partial charge is 0.0582 e. The van der Waals surface area contributed by atoms with E-state index in [1.54, 1.807) is 0 Å². The van der Waals surface area contributed by atoms with Crippen molar-refractivity contribution in [1.29, 1.82) is 0 Å². The van der Waals surface area contributed by atoms with Crippen LogP contribution in [0.25, 0.3) is 0 Å². The van der Waals surface area contributed by atoms with Gasteiger partial charge >= 0.3 is 0 Å². The Bertz CT molecular complexity index is 145. The summed E-state index contributed by atoms with van der Waals surface area (Å²) in [5.41, 5.74) is 6.21. The second kappa shape index (κ2) is 3.75. The van der Waals surface area contributed by atoms with Gasteiger partial charge in [0.2, 0.25) is 0 Å². The summed E-state index contributed by atoms with van der Waals surface area (Å²) < 4.78 is 0. The van der Waals surface area contributed by atoms with Crippen LogP contribution >= 0.6 is 0 Å². The molecule has 1 saturated carbocycles. The summed E-state index contributed by atoms with van der Waals surface area (Å²) in [7, 11) is 0. The summed E-state index contributed by atoms with van der Waals surface area (Å²) in [4.78, 5) is 0. The van der Waals surface area contributed by atoms with Crippen molar-refractivity contribution in [2.75, 3.05) is 6.61 Å². The highest BCUT2D eigenvalue weighted by molar-refractivity contribution is 4.83. The number of nitrogens with two attached hydrogens (primary N) is 1. The van der Waals surface area contributed by atoms with Gasteiger partial charge in [0.05, 0.1) is 6.61 Å². The fourth-order valence-electron chi connectivity index (χ4n) is 2.28. The van der Waals surface area contributed by atoms with Crippen LogP contribution < -0.4 is 5.73 Å². The maximum absolute atomic E-state index is 8.80. The first-order chi connectivity index (χ1) is 5.53. The Kier molecular flexibility index (Phi) is 3.13. The molecule has 2 unspecified atom stereocenters. The summed E-state index contributed by atoms with van der Waals surface area (Å²) in [6.45, 7) is 4.77. The molecule has 0 amide bonds. The van der Waals surface area contributed by atoms with Crippen molar-refractivity contribution in [3.8, 4) is 0 Å². The number of aliphatic hydroxyl groups is 1. The highest BCUT2D eigenvalue weighted by atomic mass is 16.3. The third-order valence-electron chi connectivity index (χ3n) is 2.94. The van der Waals surface area contributed by atoms with Gasteiger partial charge in [-0.25, -0.2) is 0 Å². The summed E-state index contributed by atoms with van der Waals surface area (Å²) in [6, 6.07) is 0.00361. The molecule has 2 heteroatoms. The van der Waals surface area contributed by atoms with E-state index in [2.05, 4.69) is 13.8 Å². The molecule has 0 radical (unpaired) electrons. The molecule has 0 heterocycles. The molecule has 1 aliphatic carbocycles. The van der Waals surface area contributed by atoms with Gasteiger partial charge in [0.25, 0.3) is 0 Å². The van der Waals surface area contributed by atoms with Gasteiger partial charge in [-0.05, 0) is 37.0 Å². The number of aliphatic hydroxyl groups excluding tert-OH is 1. The van der Waals surface area contributed by atoms with E-state index in [1.165, 1.54) is 19.3 Å². The number of rotatable bonds is 3. The maximum atomic E-state index is 8.80. The summed E-state index contributed by atoms with van der Waals surface area (Å²) in [6.07, 6.45) is 4.89. The maximum Gasteiger partial charge on any atom is 0.0582 e. The van der Waals surface area contributed by atoms with Gasteiger partial charge < -0.3 is 10.8 Å². The molecule has 2 atom stereocenters. The molecule has 12 heavy (non-hydrogen) atoms. The van der Waals surface area contributed by atoms with Crippen LogP contribution in [0.15, 0.2) is 0 Å². The Morgan fingerprint density at radius 3 is 2.67 bits per heavy atom. The lowest BCUT2D eigenvalue weighted by atomic mass is 9.89. The fraction of sp³-hybridized carbons (Fsp3) is 1.00. The zero-order chi connectivity index (χ0) is 9.19. The third-order valence-corrected chi connectivity index (χ3v) is 2.94. The van der Waals surface area contributed by atoms with Crippen LogP contribution in [0.5, 0.6) is 0 Å². The minimum absolute atomic E-state index is 0.00361. The van der Waals surface area contributed by atoms with E-state index in [-0.39, 0.29) is 12.6 Å². The van der Waals surface area contributed by atoms with Crippen molar-refractivity contribution in [3.05, 3.63) is 0 Å². The van der Waals surface area contributed by atoms with Crippen LogP contribution in [-0.4, -0.2) is 17.8 Å². The topological polar surface area (TPSA) is 46.2 Å². The van der Waals surface area contributed by atoms with E-state index in [0.29, 0.717) is 5.41 Å². The summed E-state index contributed by atoms with van der Waals surface area (Å²) in [5, 5.41) is 8.80. The second-order valence-corrected chi connectivity index (χ2v) is 4.95. The molecule has 0 aliphatic heterocycles. The van der Waals surface area contributed by atoms with Crippen molar-refractivity contribution in [1.82, 2.24) is 0 Å². The average molecular weight is 171 g/mol. The molecule has 0 bridgehead atoms. The predicted octanol–water partition coefficient (Wildman–Crippen LogP) is 1.52. The van der Waals surface area contributed by atoms with Crippen LogP contribution in [0.3, 0.4) is 0 Å². The Labute approximate surface area is 75.2 Å². The van der Waals surface area contributed by atoms with E-state index in [9.17, 15) is 0 Å². The van der Waals surface area contributed by atoms with Crippen LogP contribution in [0, 0.1) is 11.3 Å². The molecule has 0 aromatic carbocycles. The van der Waals surface area contributed by atoms with Crippen LogP contribution in [0.4, 0.5) is 0 Å². The monoisotopic (exact) mass is 171 g/mol. The lowest BCUT2D eigenvalue weighted by molar-refractivity contribution is 0.240. The van der Waals surface area contributed by atoms with Crippen molar-refractivity contribution in [3.63, 3.8) is 0 Å². The van der Waals surface area contributed by atoms with Crippen molar-refractivity contribution in [2.24, 2.45) is 17.1 Å². The van der Waals surface area contributed by atoms with E-state index in [1.807, 2.05) is 0 Å². The molecule has 3 N–H and O–H groups in total. The minimum atomic E-state index is 0.00361. The average Bonchev–Trinajstić information content (AvgIpc) is 2.30. The normalized spacial score (nSPS) is 30.5. The minimum Gasteiger partial charge on any atom is -0.395 e. The standard InChI is InChI=1S/C10H21NO/c1-10(2)4-3-8(6-10)5-9(11)7-12/h8-9,12H,3-7,11H2,1-2H3. The van der Waals surface area contributed by atoms with Gasteiger partial charge in [0.15, 0.2) is 0 Å². The molecule has 72 valence electrons. The Hall–Kier alpha value is -0.0800. The van der Waals surface area contributed by atoms with Gasteiger partial charge in [-0.2, -0.15) is 0 Å². The van der Waals surface area contributed by atoms with Crippen LogP contribution in [-0.2, 0) is 0 Å². The summed E-state index contributed by atoms with van der Waals surface area (Å²) in [5.74, 6) is 0.752. The molecule has 0 saturated heterocycles. The quantitative estimate of drug-likeness (QED) is 0.676. The van der Waals surface area contributed by atoms with Gasteiger partial charge in [0, 0.05) is 6.04 Å². The molecule has 0 spiro atoms. The molecule has 1 rings (SSSR count). The van der Waals surface area contributed by atoms with Crippen molar-refractivity contribution in [2.45, 2.75) is 45.6 Å². The SMILES string of the molecule is CC1(C)CCC(CC(N)CO)C1. The Balaban J connectivity index is 2.28. The fourth-order valence-corrected chi connectivity index (χ4v) is 2.28. The van der Waals surface area contributed by atoms with Gasteiger partial charge in [-0.15, -0.1) is 0 Å². The number of hydrogen-bond acceptors (Lipinski definition) is 2. The molecular weight excluding hydrogens is 150 g/mol. The highest BCUT2D eigenvalue weighted by Gasteiger charge is 2.31.